The van der Waals surface area contributed by atoms with Crippen LogP contribution in [0.1, 0.15) is 40.9 Å². The lowest BCUT2D eigenvalue weighted by Gasteiger charge is -2.34. The number of benzene rings is 2. The van der Waals surface area contributed by atoms with Gasteiger partial charge in [-0.1, -0.05) is 30.3 Å². The summed E-state index contributed by atoms with van der Waals surface area (Å²) in [7, 11) is 0. The van der Waals surface area contributed by atoms with Crippen LogP contribution in [0.5, 0.6) is 0 Å². The molecule has 0 bridgehead atoms. The second-order valence-corrected chi connectivity index (χ2v) is 8.94. The van der Waals surface area contributed by atoms with Crippen molar-refractivity contribution in [1.29, 1.82) is 0 Å². The molecular formula is C25H24N6O5. The van der Waals surface area contributed by atoms with Crippen molar-refractivity contribution in [3.63, 3.8) is 0 Å². The number of fused-ring (bicyclic) bond motifs is 1. The maximum atomic E-state index is 13.4. The molecule has 11 heteroatoms. The first-order valence-corrected chi connectivity index (χ1v) is 11.8. The number of nitrogens with zero attached hydrogens (tertiary/aromatic N) is 6. The second kappa shape index (κ2) is 9.68. The van der Waals surface area contributed by atoms with Crippen LogP contribution < -0.4 is 4.90 Å². The van der Waals surface area contributed by atoms with Crippen molar-refractivity contribution in [3.8, 4) is 11.4 Å². The smallest absolute Gasteiger partial charge is 0.277 e. The van der Waals surface area contributed by atoms with Gasteiger partial charge in [0.25, 0.3) is 17.3 Å². The lowest BCUT2D eigenvalue weighted by atomic mass is 10.0. The van der Waals surface area contributed by atoms with Crippen LogP contribution in [-0.2, 0) is 13.0 Å². The highest BCUT2D eigenvalue weighted by atomic mass is 16.6. The molecular weight excluding hydrogens is 464 g/mol. The van der Waals surface area contributed by atoms with Crippen LogP contribution in [0.2, 0.25) is 0 Å². The first kappa shape index (κ1) is 23.3. The lowest BCUT2D eigenvalue weighted by Crippen LogP contribution is -2.39. The van der Waals surface area contributed by atoms with Crippen LogP contribution in [0.25, 0.3) is 11.4 Å². The number of rotatable bonds is 5. The number of aromatic nitrogens is 2. The van der Waals surface area contributed by atoms with Gasteiger partial charge < -0.3 is 9.80 Å². The molecule has 2 aliphatic rings. The largest absolute Gasteiger partial charge is 0.356 e. The second-order valence-electron chi connectivity index (χ2n) is 8.94. The predicted molar refractivity (Wildman–Crippen MR) is 132 cm³/mol. The minimum Gasteiger partial charge on any atom is -0.356 e. The summed E-state index contributed by atoms with van der Waals surface area (Å²) in [6.45, 7) is 2.30. The molecule has 0 N–H and O–H groups in total. The zero-order valence-corrected chi connectivity index (χ0v) is 19.5. The highest BCUT2D eigenvalue weighted by Gasteiger charge is 2.30. The first-order valence-electron chi connectivity index (χ1n) is 11.8. The fourth-order valence-electron chi connectivity index (χ4n) is 4.77. The fraction of sp³-hybridized carbons (Fsp3) is 0.320. The number of carbonyl (C=O) groups excluding carboxylic acids is 1. The zero-order valence-electron chi connectivity index (χ0n) is 19.5. The molecule has 184 valence electrons. The first-order chi connectivity index (χ1) is 17.4. The summed E-state index contributed by atoms with van der Waals surface area (Å²) in [6.07, 6.45) is 3.76. The molecule has 0 aliphatic carbocycles. The molecule has 0 radical (unpaired) electrons. The van der Waals surface area contributed by atoms with Gasteiger partial charge in [-0.25, -0.2) is 9.97 Å². The van der Waals surface area contributed by atoms with Crippen molar-refractivity contribution in [3.05, 3.63) is 85.6 Å². The van der Waals surface area contributed by atoms with Crippen LogP contribution in [0.3, 0.4) is 0 Å². The van der Waals surface area contributed by atoms with Crippen molar-refractivity contribution in [1.82, 2.24) is 14.9 Å². The van der Waals surface area contributed by atoms with Gasteiger partial charge in [0.1, 0.15) is 5.82 Å². The van der Waals surface area contributed by atoms with Crippen LogP contribution in [0.15, 0.2) is 48.5 Å². The molecule has 0 saturated carbocycles. The average Bonchev–Trinajstić information content (AvgIpc) is 2.92. The van der Waals surface area contributed by atoms with E-state index in [1.54, 1.807) is 4.90 Å². The van der Waals surface area contributed by atoms with Gasteiger partial charge in [-0.2, -0.15) is 0 Å². The number of non-ortho nitro benzene ring substituents is 2. The predicted octanol–water partition coefficient (Wildman–Crippen LogP) is 4.15. The molecule has 2 aliphatic heterocycles. The SMILES string of the molecule is O=C(c1cc([N+](=O)[O-])cc([N+](=O)[O-])c1)N1CCc2nc(-c3ccccc3)nc(N3CCCCC3)c2C1. The molecule has 11 nitrogen and oxygen atoms in total. The molecule has 0 unspecified atom stereocenters. The van der Waals surface area contributed by atoms with E-state index in [4.69, 9.17) is 9.97 Å². The van der Waals surface area contributed by atoms with Gasteiger partial charge >= 0.3 is 0 Å². The maximum Gasteiger partial charge on any atom is 0.277 e. The Kier molecular flexibility index (Phi) is 6.28. The van der Waals surface area contributed by atoms with Crippen molar-refractivity contribution in [2.45, 2.75) is 32.2 Å². The van der Waals surface area contributed by atoms with E-state index < -0.39 is 27.1 Å². The molecule has 0 atom stereocenters. The van der Waals surface area contributed by atoms with Gasteiger partial charge in [-0.3, -0.25) is 25.0 Å². The summed E-state index contributed by atoms with van der Waals surface area (Å²) in [5.41, 5.74) is 1.58. The van der Waals surface area contributed by atoms with Crippen LogP contribution >= 0.6 is 0 Å². The molecule has 2 aromatic carbocycles. The maximum absolute atomic E-state index is 13.4. The number of nitro groups is 2. The van der Waals surface area contributed by atoms with E-state index in [0.717, 1.165) is 73.2 Å². The third kappa shape index (κ3) is 4.59. The molecule has 5 rings (SSSR count). The standard InChI is InChI=1S/C25H24N6O5/c32-25(18-13-19(30(33)34)15-20(14-18)31(35)36)29-12-9-22-21(16-29)24(28-10-5-2-6-11-28)27-23(26-22)17-7-3-1-4-8-17/h1,3-4,7-8,13-15H,2,5-6,9-12,16H2. The van der Waals surface area contributed by atoms with Crippen molar-refractivity contribution < 1.29 is 14.6 Å². The Bertz CT molecular complexity index is 1310. The monoisotopic (exact) mass is 488 g/mol. The van der Waals surface area contributed by atoms with Gasteiger partial charge in [0.15, 0.2) is 5.82 Å². The number of amides is 1. The lowest BCUT2D eigenvalue weighted by molar-refractivity contribution is -0.394. The van der Waals surface area contributed by atoms with Gasteiger partial charge in [0.05, 0.1) is 33.7 Å². The Hall–Kier alpha value is -4.41. The van der Waals surface area contributed by atoms with E-state index in [2.05, 4.69) is 4.90 Å². The van der Waals surface area contributed by atoms with Crippen LogP contribution in [0.4, 0.5) is 17.2 Å². The van der Waals surface area contributed by atoms with Crippen molar-refractivity contribution >= 4 is 23.1 Å². The molecule has 1 aromatic heterocycles. The Balaban J connectivity index is 1.52. The van der Waals surface area contributed by atoms with E-state index in [9.17, 15) is 25.0 Å². The quantitative estimate of drug-likeness (QED) is 0.386. The minimum absolute atomic E-state index is 0.0827. The van der Waals surface area contributed by atoms with E-state index >= 15 is 0 Å². The highest BCUT2D eigenvalue weighted by molar-refractivity contribution is 5.96. The summed E-state index contributed by atoms with van der Waals surface area (Å²) >= 11 is 0. The zero-order chi connectivity index (χ0) is 25.2. The third-order valence-corrected chi connectivity index (χ3v) is 6.58. The molecule has 1 fully saturated rings. The molecule has 0 spiro atoms. The minimum atomic E-state index is -0.733. The number of anilines is 1. The third-order valence-electron chi connectivity index (χ3n) is 6.58. The van der Waals surface area contributed by atoms with Gasteiger partial charge in [-0.05, 0) is 19.3 Å². The summed E-state index contributed by atoms with van der Waals surface area (Å²) in [4.78, 5) is 48.0. The van der Waals surface area contributed by atoms with E-state index in [1.165, 1.54) is 0 Å². The summed E-state index contributed by atoms with van der Waals surface area (Å²) < 4.78 is 0. The van der Waals surface area contributed by atoms with Gasteiger partial charge in [-0.15, -0.1) is 0 Å². The van der Waals surface area contributed by atoms with E-state index in [1.807, 2.05) is 30.3 Å². The number of hydrogen-bond donors (Lipinski definition) is 0. The fourth-order valence-corrected chi connectivity index (χ4v) is 4.77. The number of nitro benzene ring substituents is 2. The Morgan fingerprint density at radius 1 is 0.861 bits per heavy atom. The van der Waals surface area contributed by atoms with Crippen LogP contribution in [-0.4, -0.2) is 50.3 Å². The van der Waals surface area contributed by atoms with Gasteiger partial charge in [0.2, 0.25) is 0 Å². The molecule has 36 heavy (non-hydrogen) atoms. The molecule has 3 heterocycles. The van der Waals surface area contributed by atoms with E-state index in [0.29, 0.717) is 18.8 Å². The van der Waals surface area contributed by atoms with E-state index in [-0.39, 0.29) is 12.1 Å². The molecule has 1 saturated heterocycles. The van der Waals surface area contributed by atoms with Crippen molar-refractivity contribution in [2.75, 3.05) is 24.5 Å². The molecule has 1 amide bonds. The van der Waals surface area contributed by atoms with Crippen molar-refractivity contribution in [2.24, 2.45) is 0 Å². The van der Waals surface area contributed by atoms with Gasteiger partial charge in [0, 0.05) is 49.3 Å². The topological polar surface area (TPSA) is 136 Å². The Morgan fingerprint density at radius 2 is 1.53 bits per heavy atom. The summed E-state index contributed by atoms with van der Waals surface area (Å²) in [5, 5.41) is 22.6. The Labute approximate surface area is 206 Å². The summed E-state index contributed by atoms with van der Waals surface area (Å²) in [5.74, 6) is 0.953. The number of piperidine rings is 1. The molecule has 3 aromatic rings. The number of hydrogen-bond acceptors (Lipinski definition) is 8. The Morgan fingerprint density at radius 3 is 2.17 bits per heavy atom. The van der Waals surface area contributed by atoms with Crippen LogP contribution in [0, 0.1) is 20.2 Å². The number of carbonyl (C=O) groups is 1. The normalized spacial score (nSPS) is 15.3. The average molecular weight is 489 g/mol. The summed E-state index contributed by atoms with van der Waals surface area (Å²) in [6, 6.07) is 12.8. The highest BCUT2D eigenvalue weighted by Crippen LogP contribution is 2.32.